The van der Waals surface area contributed by atoms with Crippen LogP contribution >= 0.6 is 22.6 Å². The number of amides is 2. The molecular formula is C24H16F3IN2O4. The van der Waals surface area contributed by atoms with Crippen LogP contribution in [0.15, 0.2) is 72.8 Å². The first-order valence-electron chi connectivity index (χ1n) is 9.96. The molecule has 0 fully saturated rings. The van der Waals surface area contributed by atoms with Gasteiger partial charge in [0, 0.05) is 3.57 Å². The Kier molecular flexibility index (Phi) is 6.34. The normalized spacial score (nSPS) is 16.9. The number of alkyl halides is 3. The molecule has 2 N–H and O–H groups in total. The van der Waals surface area contributed by atoms with Crippen LogP contribution in [0, 0.1) is 3.57 Å². The van der Waals surface area contributed by atoms with Crippen molar-refractivity contribution in [3.05, 3.63) is 98.6 Å². The van der Waals surface area contributed by atoms with Gasteiger partial charge < -0.3 is 15.3 Å². The molecule has 0 saturated heterocycles. The fourth-order valence-corrected chi connectivity index (χ4v) is 4.37. The second kappa shape index (κ2) is 9.09. The molecule has 174 valence electrons. The maximum Gasteiger partial charge on any atom is 0.416 e. The molecule has 34 heavy (non-hydrogen) atoms. The van der Waals surface area contributed by atoms with Crippen molar-refractivity contribution in [2.45, 2.75) is 18.3 Å². The minimum atomic E-state index is -4.60. The Morgan fingerprint density at radius 3 is 2.24 bits per heavy atom. The molecule has 2 amide bonds. The summed E-state index contributed by atoms with van der Waals surface area (Å²) >= 11 is 1.98. The number of carboxylic acids is 1. The summed E-state index contributed by atoms with van der Waals surface area (Å²) in [5, 5.41) is 12.7. The summed E-state index contributed by atoms with van der Waals surface area (Å²) in [5.41, 5.74) is -0.381. The average Bonchev–Trinajstić information content (AvgIpc) is 2.89. The van der Waals surface area contributed by atoms with E-state index in [-0.39, 0.29) is 22.4 Å². The van der Waals surface area contributed by atoms with Crippen molar-refractivity contribution < 1.29 is 32.7 Å². The van der Waals surface area contributed by atoms with Crippen molar-refractivity contribution in [1.82, 2.24) is 4.90 Å². The predicted octanol–water partition coefficient (Wildman–Crippen LogP) is 5.27. The van der Waals surface area contributed by atoms with Crippen molar-refractivity contribution in [3.63, 3.8) is 0 Å². The highest BCUT2D eigenvalue weighted by Crippen LogP contribution is 2.39. The van der Waals surface area contributed by atoms with Crippen LogP contribution in [0.3, 0.4) is 0 Å². The van der Waals surface area contributed by atoms with E-state index in [1.807, 2.05) is 22.6 Å². The summed E-state index contributed by atoms with van der Waals surface area (Å²) in [7, 11) is 0. The van der Waals surface area contributed by atoms with Crippen LogP contribution in [-0.2, 0) is 15.8 Å². The van der Waals surface area contributed by atoms with Gasteiger partial charge in [0.1, 0.15) is 6.04 Å². The van der Waals surface area contributed by atoms with Gasteiger partial charge >= 0.3 is 12.1 Å². The number of rotatable bonds is 4. The molecule has 0 radical (unpaired) electrons. The van der Waals surface area contributed by atoms with E-state index in [9.17, 15) is 32.7 Å². The summed E-state index contributed by atoms with van der Waals surface area (Å²) in [6, 6.07) is 13.3. The zero-order valence-corrected chi connectivity index (χ0v) is 19.4. The lowest BCUT2D eigenvalue weighted by molar-refractivity contribution is -0.144. The minimum absolute atomic E-state index is 0.0449. The van der Waals surface area contributed by atoms with Crippen LogP contribution in [0.2, 0.25) is 0 Å². The van der Waals surface area contributed by atoms with Crippen molar-refractivity contribution in [1.29, 1.82) is 0 Å². The molecule has 1 aliphatic heterocycles. The van der Waals surface area contributed by atoms with Crippen LogP contribution in [0.4, 0.5) is 18.9 Å². The number of fused-ring (bicyclic) bond motifs is 1. The highest BCUT2D eigenvalue weighted by Gasteiger charge is 2.44. The number of aliphatic carboxylic acids is 1. The van der Waals surface area contributed by atoms with E-state index in [1.165, 1.54) is 24.3 Å². The van der Waals surface area contributed by atoms with Crippen molar-refractivity contribution >= 4 is 46.1 Å². The Labute approximate surface area is 205 Å². The standard InChI is InChI=1S/C24H16F3IN2O4/c25-24(26,27)15-8-6-14(7-9-15)19-21(31)29-18-11-10-16(28)12-17(18)22(32)30(19)20(23(33)34)13-4-2-1-3-5-13/h1-12,19-20H,(H,29,31)(H,33,34)/t19-,20-/m0/s1. The molecule has 4 rings (SSSR count). The van der Waals surface area contributed by atoms with Crippen LogP contribution in [0.1, 0.15) is 39.1 Å². The Morgan fingerprint density at radius 1 is 1.00 bits per heavy atom. The SMILES string of the molecule is O=C(O)[C@H](c1ccccc1)N1C(=O)c2cc(I)ccc2NC(=O)[C@@H]1c1ccc(C(F)(F)F)cc1. The molecule has 3 aromatic carbocycles. The Morgan fingerprint density at radius 2 is 1.65 bits per heavy atom. The fourth-order valence-electron chi connectivity index (χ4n) is 3.88. The van der Waals surface area contributed by atoms with Gasteiger partial charge in [0.05, 0.1) is 16.8 Å². The molecule has 0 bridgehead atoms. The van der Waals surface area contributed by atoms with Gasteiger partial charge in [-0.2, -0.15) is 13.2 Å². The highest BCUT2D eigenvalue weighted by atomic mass is 127. The molecular weight excluding hydrogens is 564 g/mol. The van der Waals surface area contributed by atoms with Crippen molar-refractivity contribution in [2.75, 3.05) is 5.32 Å². The first-order chi connectivity index (χ1) is 16.1. The van der Waals surface area contributed by atoms with E-state index in [0.717, 1.165) is 29.2 Å². The van der Waals surface area contributed by atoms with Crippen molar-refractivity contribution in [2.24, 2.45) is 0 Å². The average molecular weight is 580 g/mol. The van der Waals surface area contributed by atoms with Gasteiger partial charge in [0.25, 0.3) is 11.8 Å². The lowest BCUT2D eigenvalue weighted by Gasteiger charge is -2.34. The maximum atomic E-state index is 13.8. The first-order valence-corrected chi connectivity index (χ1v) is 11.0. The topological polar surface area (TPSA) is 86.7 Å². The summed E-state index contributed by atoms with van der Waals surface area (Å²) in [6.07, 6.45) is -4.60. The third kappa shape index (κ3) is 4.49. The second-order valence-electron chi connectivity index (χ2n) is 7.57. The zero-order valence-electron chi connectivity index (χ0n) is 17.2. The van der Waals surface area contributed by atoms with Crippen LogP contribution in [0.5, 0.6) is 0 Å². The molecule has 10 heteroatoms. The number of hydrogen-bond donors (Lipinski definition) is 2. The molecule has 1 aliphatic rings. The van der Waals surface area contributed by atoms with E-state index < -0.39 is 41.6 Å². The van der Waals surface area contributed by atoms with Gasteiger partial charge in [0.2, 0.25) is 0 Å². The summed E-state index contributed by atoms with van der Waals surface area (Å²) < 4.78 is 40.0. The summed E-state index contributed by atoms with van der Waals surface area (Å²) in [6.45, 7) is 0. The number of carbonyl (C=O) groups excluding carboxylic acids is 2. The van der Waals surface area contributed by atoms with Gasteiger partial charge in [-0.15, -0.1) is 0 Å². The molecule has 0 aliphatic carbocycles. The number of hydrogen-bond acceptors (Lipinski definition) is 3. The predicted molar refractivity (Wildman–Crippen MR) is 125 cm³/mol. The molecule has 0 aromatic heterocycles. The fraction of sp³-hybridized carbons (Fsp3) is 0.125. The van der Waals surface area contributed by atoms with Crippen LogP contribution in [-0.4, -0.2) is 27.8 Å². The van der Waals surface area contributed by atoms with E-state index >= 15 is 0 Å². The Bertz CT molecular complexity index is 1260. The smallest absolute Gasteiger partial charge is 0.416 e. The van der Waals surface area contributed by atoms with Gasteiger partial charge in [0.15, 0.2) is 6.04 Å². The monoisotopic (exact) mass is 580 g/mol. The lowest BCUT2D eigenvalue weighted by Crippen LogP contribution is -2.44. The van der Waals surface area contributed by atoms with Gasteiger partial charge in [-0.05, 0) is 64.0 Å². The third-order valence-electron chi connectivity index (χ3n) is 5.41. The minimum Gasteiger partial charge on any atom is -0.479 e. The second-order valence-corrected chi connectivity index (χ2v) is 8.81. The largest absolute Gasteiger partial charge is 0.479 e. The number of nitrogens with one attached hydrogen (secondary N) is 1. The number of benzene rings is 3. The van der Waals surface area contributed by atoms with E-state index in [4.69, 9.17) is 0 Å². The number of carbonyl (C=O) groups is 3. The number of carboxylic acid groups (broad SMARTS) is 1. The Balaban J connectivity index is 1.93. The van der Waals surface area contributed by atoms with E-state index in [2.05, 4.69) is 5.32 Å². The van der Waals surface area contributed by atoms with E-state index in [1.54, 1.807) is 24.3 Å². The van der Waals surface area contributed by atoms with Gasteiger partial charge in [-0.3, -0.25) is 9.59 Å². The molecule has 6 nitrogen and oxygen atoms in total. The highest BCUT2D eigenvalue weighted by molar-refractivity contribution is 14.1. The Hall–Kier alpha value is -3.41. The number of halogens is 4. The molecule has 0 saturated carbocycles. The maximum absolute atomic E-state index is 13.8. The molecule has 0 unspecified atom stereocenters. The first kappa shape index (κ1) is 23.7. The zero-order chi connectivity index (χ0) is 24.6. The number of nitrogens with zero attached hydrogens (tertiary/aromatic N) is 1. The summed E-state index contributed by atoms with van der Waals surface area (Å²) in [4.78, 5) is 40.4. The molecule has 1 heterocycles. The molecule has 2 atom stereocenters. The molecule has 0 spiro atoms. The molecule has 3 aromatic rings. The summed E-state index contributed by atoms with van der Waals surface area (Å²) in [5.74, 6) is -2.87. The van der Waals surface area contributed by atoms with Gasteiger partial charge in [-0.1, -0.05) is 42.5 Å². The van der Waals surface area contributed by atoms with E-state index in [0.29, 0.717) is 3.57 Å². The lowest BCUT2D eigenvalue weighted by atomic mass is 9.97. The number of anilines is 1. The van der Waals surface area contributed by atoms with Crippen LogP contribution in [0.25, 0.3) is 0 Å². The van der Waals surface area contributed by atoms with Gasteiger partial charge in [-0.25, -0.2) is 4.79 Å². The van der Waals surface area contributed by atoms with Crippen molar-refractivity contribution in [3.8, 4) is 0 Å². The quantitative estimate of drug-likeness (QED) is 0.412. The van der Waals surface area contributed by atoms with Crippen LogP contribution < -0.4 is 5.32 Å². The third-order valence-corrected chi connectivity index (χ3v) is 6.08.